The molecule has 0 spiro atoms. The average molecular weight is 417 g/mol. The van der Waals surface area contributed by atoms with Crippen molar-refractivity contribution in [1.82, 2.24) is 10.6 Å². The average Bonchev–Trinajstić information content (AvgIpc) is 3.20. The minimum absolute atomic E-state index is 0.146. The fourth-order valence-corrected chi connectivity index (χ4v) is 4.70. The third kappa shape index (κ3) is 5.81. The molecule has 3 atom stereocenters. The molecule has 1 aromatic carbocycles. The predicted octanol–water partition coefficient (Wildman–Crippen LogP) is 3.67. The zero-order chi connectivity index (χ0) is 21.6. The first-order valence-electron chi connectivity index (χ1n) is 11.5. The lowest BCUT2D eigenvalue weighted by Crippen LogP contribution is -2.46. The standard InChI is InChI=1S/C24H40N4O2/c1-6-25-23(26-16-18-10-9-15-30-22(18)24(2,3)4)27-19-13-14-28(17-19)20-11-7-8-12-21(20)29-5/h7-8,11-12,18-19,22H,6,9-10,13-17H2,1-5H3,(H2,25,26,27). The van der Waals surface area contributed by atoms with Crippen molar-refractivity contribution in [2.45, 2.75) is 59.1 Å². The fourth-order valence-electron chi connectivity index (χ4n) is 4.70. The van der Waals surface area contributed by atoms with Crippen LogP contribution in [0.4, 0.5) is 5.69 Å². The maximum Gasteiger partial charge on any atom is 0.191 e. The number of hydrogen-bond donors (Lipinski definition) is 2. The SMILES string of the molecule is CCNC(=NCC1CCCOC1C(C)(C)C)NC1CCN(c2ccccc2OC)C1. The van der Waals surface area contributed by atoms with E-state index in [-0.39, 0.29) is 11.5 Å². The molecular formula is C24H40N4O2. The van der Waals surface area contributed by atoms with Gasteiger partial charge < -0.3 is 25.0 Å². The monoisotopic (exact) mass is 416 g/mol. The first kappa shape index (κ1) is 22.7. The Kier molecular flexibility index (Phi) is 7.87. The van der Waals surface area contributed by atoms with Gasteiger partial charge in [-0.05, 0) is 43.7 Å². The topological polar surface area (TPSA) is 58.1 Å². The number of anilines is 1. The Morgan fingerprint density at radius 2 is 2.07 bits per heavy atom. The summed E-state index contributed by atoms with van der Waals surface area (Å²) in [6, 6.07) is 8.62. The Morgan fingerprint density at radius 3 is 2.80 bits per heavy atom. The molecule has 168 valence electrons. The smallest absolute Gasteiger partial charge is 0.191 e. The zero-order valence-corrected chi connectivity index (χ0v) is 19.4. The number of benzene rings is 1. The van der Waals surface area contributed by atoms with E-state index in [1.807, 2.05) is 12.1 Å². The number of rotatable bonds is 6. The summed E-state index contributed by atoms with van der Waals surface area (Å²) in [4.78, 5) is 7.36. The van der Waals surface area contributed by atoms with Crippen LogP contribution in [0.25, 0.3) is 0 Å². The summed E-state index contributed by atoms with van der Waals surface area (Å²) in [6.07, 6.45) is 3.67. The Bertz CT molecular complexity index is 701. The highest BCUT2D eigenvalue weighted by Gasteiger charge is 2.35. The Morgan fingerprint density at radius 1 is 1.27 bits per heavy atom. The number of guanidine groups is 1. The predicted molar refractivity (Wildman–Crippen MR) is 125 cm³/mol. The molecule has 2 saturated heterocycles. The van der Waals surface area contributed by atoms with Crippen LogP contribution in [0.5, 0.6) is 5.75 Å². The summed E-state index contributed by atoms with van der Waals surface area (Å²) in [5.41, 5.74) is 1.31. The van der Waals surface area contributed by atoms with E-state index in [2.05, 4.69) is 55.4 Å². The minimum atomic E-state index is 0.146. The van der Waals surface area contributed by atoms with Crippen LogP contribution in [0.1, 0.15) is 47.0 Å². The van der Waals surface area contributed by atoms with E-state index in [0.717, 1.165) is 57.3 Å². The molecule has 2 aliphatic rings. The summed E-state index contributed by atoms with van der Waals surface area (Å²) >= 11 is 0. The fraction of sp³-hybridized carbons (Fsp3) is 0.708. The Labute approximate surface area is 182 Å². The molecule has 30 heavy (non-hydrogen) atoms. The molecule has 2 fully saturated rings. The van der Waals surface area contributed by atoms with Gasteiger partial charge in [-0.2, -0.15) is 0 Å². The van der Waals surface area contributed by atoms with E-state index in [4.69, 9.17) is 14.5 Å². The highest BCUT2D eigenvalue weighted by molar-refractivity contribution is 5.80. The minimum Gasteiger partial charge on any atom is -0.495 e. The van der Waals surface area contributed by atoms with Gasteiger partial charge in [0.2, 0.25) is 0 Å². The molecule has 6 heteroatoms. The van der Waals surface area contributed by atoms with E-state index in [1.165, 1.54) is 12.1 Å². The molecule has 0 aromatic heterocycles. The zero-order valence-electron chi connectivity index (χ0n) is 19.4. The van der Waals surface area contributed by atoms with Crippen molar-refractivity contribution >= 4 is 11.6 Å². The first-order chi connectivity index (χ1) is 14.4. The Balaban J connectivity index is 1.61. The van der Waals surface area contributed by atoms with Gasteiger partial charge in [0.1, 0.15) is 5.75 Å². The van der Waals surface area contributed by atoms with Gasteiger partial charge in [0.15, 0.2) is 5.96 Å². The molecule has 6 nitrogen and oxygen atoms in total. The first-order valence-corrected chi connectivity index (χ1v) is 11.5. The summed E-state index contributed by atoms with van der Waals surface area (Å²) in [5, 5.41) is 7.10. The van der Waals surface area contributed by atoms with Crippen molar-refractivity contribution in [3.05, 3.63) is 24.3 Å². The van der Waals surface area contributed by atoms with Crippen molar-refractivity contribution in [3.63, 3.8) is 0 Å². The highest BCUT2D eigenvalue weighted by atomic mass is 16.5. The van der Waals surface area contributed by atoms with Gasteiger partial charge in [-0.1, -0.05) is 32.9 Å². The quantitative estimate of drug-likeness (QED) is 0.547. The molecule has 0 saturated carbocycles. The summed E-state index contributed by atoms with van der Waals surface area (Å²) in [7, 11) is 1.74. The molecular weight excluding hydrogens is 376 g/mol. The summed E-state index contributed by atoms with van der Waals surface area (Å²) in [5.74, 6) is 2.33. The lowest BCUT2D eigenvalue weighted by molar-refractivity contribution is -0.0823. The maximum atomic E-state index is 6.14. The highest BCUT2D eigenvalue weighted by Crippen LogP contribution is 2.34. The van der Waals surface area contributed by atoms with Gasteiger partial charge in [-0.25, -0.2) is 0 Å². The van der Waals surface area contributed by atoms with Crippen molar-refractivity contribution in [3.8, 4) is 5.75 Å². The van der Waals surface area contributed by atoms with Crippen molar-refractivity contribution in [2.24, 2.45) is 16.3 Å². The van der Waals surface area contributed by atoms with Crippen LogP contribution in [0.3, 0.4) is 0 Å². The van der Waals surface area contributed by atoms with Crippen LogP contribution in [0.15, 0.2) is 29.3 Å². The number of aliphatic imine (C=N–C) groups is 1. The van der Waals surface area contributed by atoms with Crippen LogP contribution in [-0.2, 0) is 4.74 Å². The molecule has 2 aliphatic heterocycles. The molecule has 3 unspecified atom stereocenters. The molecule has 1 aromatic rings. The third-order valence-electron chi connectivity index (χ3n) is 6.08. The third-order valence-corrected chi connectivity index (χ3v) is 6.08. The van der Waals surface area contributed by atoms with E-state index < -0.39 is 0 Å². The van der Waals surface area contributed by atoms with E-state index in [0.29, 0.717) is 12.0 Å². The van der Waals surface area contributed by atoms with Crippen molar-refractivity contribution < 1.29 is 9.47 Å². The van der Waals surface area contributed by atoms with Gasteiger partial charge in [0.05, 0.1) is 18.9 Å². The van der Waals surface area contributed by atoms with E-state index in [9.17, 15) is 0 Å². The lowest BCUT2D eigenvalue weighted by atomic mass is 9.78. The van der Waals surface area contributed by atoms with Crippen LogP contribution in [-0.4, -0.2) is 58.0 Å². The molecule has 2 heterocycles. The molecule has 2 N–H and O–H groups in total. The van der Waals surface area contributed by atoms with Crippen molar-refractivity contribution in [1.29, 1.82) is 0 Å². The van der Waals surface area contributed by atoms with Gasteiger partial charge >= 0.3 is 0 Å². The lowest BCUT2D eigenvalue weighted by Gasteiger charge is -2.39. The van der Waals surface area contributed by atoms with Crippen LogP contribution >= 0.6 is 0 Å². The number of methoxy groups -OCH3 is 1. The van der Waals surface area contributed by atoms with E-state index >= 15 is 0 Å². The molecule has 0 bridgehead atoms. The normalized spacial score (nSPS) is 25.3. The van der Waals surface area contributed by atoms with E-state index in [1.54, 1.807) is 7.11 Å². The van der Waals surface area contributed by atoms with Gasteiger partial charge in [-0.15, -0.1) is 0 Å². The number of hydrogen-bond acceptors (Lipinski definition) is 4. The number of nitrogens with zero attached hydrogens (tertiary/aromatic N) is 2. The van der Waals surface area contributed by atoms with Gasteiger partial charge in [0, 0.05) is 44.7 Å². The second-order valence-corrected chi connectivity index (χ2v) is 9.53. The molecule has 0 amide bonds. The van der Waals surface area contributed by atoms with Gasteiger partial charge in [0.25, 0.3) is 0 Å². The number of nitrogens with one attached hydrogen (secondary N) is 2. The molecule has 0 radical (unpaired) electrons. The molecule has 0 aliphatic carbocycles. The largest absolute Gasteiger partial charge is 0.495 e. The second-order valence-electron chi connectivity index (χ2n) is 9.53. The summed E-state index contributed by atoms with van der Waals surface area (Å²) < 4.78 is 11.7. The maximum absolute atomic E-state index is 6.14. The van der Waals surface area contributed by atoms with Crippen molar-refractivity contribution in [2.75, 3.05) is 44.8 Å². The van der Waals surface area contributed by atoms with Crippen LogP contribution in [0, 0.1) is 11.3 Å². The summed E-state index contributed by atoms with van der Waals surface area (Å²) in [6.45, 7) is 13.4. The van der Waals surface area contributed by atoms with Gasteiger partial charge in [-0.3, -0.25) is 4.99 Å². The van der Waals surface area contributed by atoms with Crippen LogP contribution < -0.4 is 20.3 Å². The second kappa shape index (κ2) is 10.4. The Hall–Kier alpha value is -1.95. The number of ether oxygens (including phenoxy) is 2. The molecule has 3 rings (SSSR count). The van der Waals surface area contributed by atoms with Crippen LogP contribution in [0.2, 0.25) is 0 Å². The number of para-hydroxylation sites is 2.